The first-order valence-corrected chi connectivity index (χ1v) is 7.36. The minimum Gasteiger partial charge on any atom is -0.317 e. The van der Waals surface area contributed by atoms with Crippen molar-refractivity contribution in [1.29, 1.82) is 0 Å². The molecule has 1 aromatic carbocycles. The maximum Gasteiger partial charge on any atom is 0.261 e. The first kappa shape index (κ1) is 12.8. The summed E-state index contributed by atoms with van der Waals surface area (Å²) in [6, 6.07) is 5.31. The number of nitrogens with one attached hydrogen (secondary N) is 1. The number of imide groups is 1. The highest BCUT2D eigenvalue weighted by molar-refractivity contribution is 9.10. The molecule has 2 amide bonds. The summed E-state index contributed by atoms with van der Waals surface area (Å²) in [7, 11) is 0. The Morgan fingerprint density at radius 2 is 1.89 bits per heavy atom. The first-order valence-electron chi connectivity index (χ1n) is 6.56. The second-order valence-corrected chi connectivity index (χ2v) is 5.92. The zero-order valence-corrected chi connectivity index (χ0v) is 12.1. The molecule has 0 aromatic heterocycles. The Bertz CT molecular complexity index is 536. The molecule has 0 radical (unpaired) electrons. The third kappa shape index (κ3) is 2.21. The van der Waals surface area contributed by atoms with E-state index in [0.717, 1.165) is 36.8 Å². The standard InChI is InChI=1S/C14H15BrN2O2/c15-9-3-4-11-12(8-9)14(19)17(13(11)18)10-2-1-6-16-7-5-10/h3-4,8,10,16H,1-2,5-7H2. The highest BCUT2D eigenvalue weighted by Gasteiger charge is 2.39. The van der Waals surface area contributed by atoms with Gasteiger partial charge in [-0.3, -0.25) is 14.5 Å². The Morgan fingerprint density at radius 3 is 2.74 bits per heavy atom. The summed E-state index contributed by atoms with van der Waals surface area (Å²) in [6.45, 7) is 1.83. The van der Waals surface area contributed by atoms with E-state index in [1.165, 1.54) is 4.90 Å². The van der Waals surface area contributed by atoms with Gasteiger partial charge in [0.05, 0.1) is 11.1 Å². The van der Waals surface area contributed by atoms with Crippen LogP contribution in [0.25, 0.3) is 0 Å². The molecule has 0 spiro atoms. The Kier molecular flexibility index (Phi) is 3.41. The van der Waals surface area contributed by atoms with Crippen molar-refractivity contribution in [2.45, 2.75) is 25.3 Å². The summed E-state index contributed by atoms with van der Waals surface area (Å²) in [5.41, 5.74) is 1.06. The summed E-state index contributed by atoms with van der Waals surface area (Å²) in [5, 5.41) is 3.30. The van der Waals surface area contributed by atoms with Crippen molar-refractivity contribution in [2.24, 2.45) is 0 Å². The Labute approximate surface area is 120 Å². The van der Waals surface area contributed by atoms with Crippen LogP contribution in [0, 0.1) is 0 Å². The molecule has 1 unspecified atom stereocenters. The number of nitrogens with zero attached hydrogens (tertiary/aromatic N) is 1. The molecule has 5 heteroatoms. The lowest BCUT2D eigenvalue weighted by molar-refractivity contribution is 0.0572. The maximum atomic E-state index is 12.4. The van der Waals surface area contributed by atoms with Gasteiger partial charge in [-0.15, -0.1) is 0 Å². The molecule has 1 fully saturated rings. The zero-order valence-electron chi connectivity index (χ0n) is 10.5. The molecule has 19 heavy (non-hydrogen) atoms. The van der Waals surface area contributed by atoms with Gasteiger partial charge in [-0.05, 0) is 50.6 Å². The Morgan fingerprint density at radius 1 is 1.11 bits per heavy atom. The predicted molar refractivity (Wildman–Crippen MR) is 75.2 cm³/mol. The molecule has 3 rings (SSSR count). The van der Waals surface area contributed by atoms with Gasteiger partial charge in [0.15, 0.2) is 0 Å². The molecule has 1 saturated heterocycles. The number of carbonyl (C=O) groups is 2. The molecular weight excluding hydrogens is 308 g/mol. The number of hydrogen-bond donors (Lipinski definition) is 1. The maximum absolute atomic E-state index is 12.4. The molecule has 1 N–H and O–H groups in total. The van der Waals surface area contributed by atoms with Crippen LogP contribution in [0.4, 0.5) is 0 Å². The van der Waals surface area contributed by atoms with Gasteiger partial charge in [0.2, 0.25) is 0 Å². The lowest BCUT2D eigenvalue weighted by Gasteiger charge is -2.24. The van der Waals surface area contributed by atoms with Gasteiger partial charge < -0.3 is 5.32 Å². The molecule has 4 nitrogen and oxygen atoms in total. The van der Waals surface area contributed by atoms with Crippen molar-refractivity contribution in [1.82, 2.24) is 10.2 Å². The van der Waals surface area contributed by atoms with Crippen molar-refractivity contribution in [3.63, 3.8) is 0 Å². The van der Waals surface area contributed by atoms with Crippen LogP contribution in [0.15, 0.2) is 22.7 Å². The van der Waals surface area contributed by atoms with E-state index < -0.39 is 0 Å². The zero-order chi connectivity index (χ0) is 13.4. The van der Waals surface area contributed by atoms with Crippen LogP contribution in [-0.4, -0.2) is 35.8 Å². The van der Waals surface area contributed by atoms with Gasteiger partial charge in [0.25, 0.3) is 11.8 Å². The van der Waals surface area contributed by atoms with E-state index in [4.69, 9.17) is 0 Å². The van der Waals surface area contributed by atoms with Crippen molar-refractivity contribution >= 4 is 27.7 Å². The van der Waals surface area contributed by atoms with E-state index in [9.17, 15) is 9.59 Å². The Balaban J connectivity index is 1.93. The molecule has 0 saturated carbocycles. The number of halogens is 1. The van der Waals surface area contributed by atoms with Crippen LogP contribution in [-0.2, 0) is 0 Å². The van der Waals surface area contributed by atoms with E-state index >= 15 is 0 Å². The van der Waals surface area contributed by atoms with Crippen LogP contribution in [0.3, 0.4) is 0 Å². The van der Waals surface area contributed by atoms with Crippen LogP contribution in [0.5, 0.6) is 0 Å². The first-order chi connectivity index (χ1) is 9.18. The molecule has 2 heterocycles. The highest BCUT2D eigenvalue weighted by Crippen LogP contribution is 2.29. The number of carbonyl (C=O) groups excluding carboxylic acids is 2. The fourth-order valence-corrected chi connectivity index (χ4v) is 3.18. The average Bonchev–Trinajstić information content (AvgIpc) is 2.62. The number of hydrogen-bond acceptors (Lipinski definition) is 3. The molecule has 100 valence electrons. The molecule has 1 atom stereocenters. The third-order valence-electron chi connectivity index (χ3n) is 3.79. The van der Waals surface area contributed by atoms with Crippen LogP contribution >= 0.6 is 15.9 Å². The quantitative estimate of drug-likeness (QED) is 0.806. The van der Waals surface area contributed by atoms with Crippen molar-refractivity contribution in [3.8, 4) is 0 Å². The summed E-state index contributed by atoms with van der Waals surface area (Å²) in [6.07, 6.45) is 2.73. The molecule has 2 aliphatic heterocycles. The lowest BCUT2D eigenvalue weighted by atomic mass is 10.1. The fraction of sp³-hybridized carbons (Fsp3) is 0.429. The topological polar surface area (TPSA) is 49.4 Å². The number of benzene rings is 1. The molecule has 1 aromatic rings. The van der Waals surface area contributed by atoms with Gasteiger partial charge in [-0.25, -0.2) is 0 Å². The molecule has 0 bridgehead atoms. The normalized spacial score (nSPS) is 23.4. The van der Waals surface area contributed by atoms with E-state index in [1.54, 1.807) is 12.1 Å². The van der Waals surface area contributed by atoms with Gasteiger partial charge >= 0.3 is 0 Å². The summed E-state index contributed by atoms with van der Waals surface area (Å²) >= 11 is 3.35. The summed E-state index contributed by atoms with van der Waals surface area (Å²) in [4.78, 5) is 26.3. The largest absolute Gasteiger partial charge is 0.317 e. The van der Waals surface area contributed by atoms with Crippen molar-refractivity contribution in [2.75, 3.05) is 13.1 Å². The van der Waals surface area contributed by atoms with Crippen LogP contribution < -0.4 is 5.32 Å². The summed E-state index contributed by atoms with van der Waals surface area (Å²) in [5.74, 6) is -0.285. The SMILES string of the molecule is O=C1c2ccc(Br)cc2C(=O)N1C1CCCNCC1. The number of rotatable bonds is 1. The van der Waals surface area contributed by atoms with Crippen molar-refractivity contribution in [3.05, 3.63) is 33.8 Å². The van der Waals surface area contributed by atoms with Gasteiger partial charge in [-0.1, -0.05) is 15.9 Å². The van der Waals surface area contributed by atoms with E-state index in [2.05, 4.69) is 21.2 Å². The Hall–Kier alpha value is -1.20. The molecule has 2 aliphatic rings. The summed E-state index contributed by atoms with van der Waals surface area (Å²) < 4.78 is 0.830. The molecular formula is C14H15BrN2O2. The van der Waals surface area contributed by atoms with Gasteiger partial charge in [0.1, 0.15) is 0 Å². The third-order valence-corrected chi connectivity index (χ3v) is 4.28. The van der Waals surface area contributed by atoms with Gasteiger partial charge in [-0.2, -0.15) is 0 Å². The number of amides is 2. The van der Waals surface area contributed by atoms with E-state index in [-0.39, 0.29) is 17.9 Å². The second kappa shape index (κ2) is 5.06. The minimum atomic E-state index is -0.145. The molecule has 0 aliphatic carbocycles. The van der Waals surface area contributed by atoms with Crippen LogP contribution in [0.1, 0.15) is 40.0 Å². The average molecular weight is 323 g/mol. The number of fused-ring (bicyclic) bond motifs is 1. The second-order valence-electron chi connectivity index (χ2n) is 5.00. The van der Waals surface area contributed by atoms with Gasteiger partial charge in [0, 0.05) is 10.5 Å². The predicted octanol–water partition coefficient (Wildman–Crippen LogP) is 2.19. The van der Waals surface area contributed by atoms with Crippen molar-refractivity contribution < 1.29 is 9.59 Å². The fourth-order valence-electron chi connectivity index (χ4n) is 2.82. The highest BCUT2D eigenvalue weighted by atomic mass is 79.9. The lowest BCUT2D eigenvalue weighted by Crippen LogP contribution is -2.40. The van der Waals surface area contributed by atoms with Crippen LogP contribution in [0.2, 0.25) is 0 Å². The minimum absolute atomic E-state index is 0.0289. The monoisotopic (exact) mass is 322 g/mol. The van der Waals surface area contributed by atoms with E-state index in [0.29, 0.717) is 11.1 Å². The van der Waals surface area contributed by atoms with E-state index in [1.807, 2.05) is 6.07 Å². The smallest absolute Gasteiger partial charge is 0.261 e.